The largest absolute Gasteiger partial charge is 0.444 e. The molecule has 6 nitrogen and oxygen atoms in total. The number of ether oxygens (including phenoxy) is 1. The van der Waals surface area contributed by atoms with Crippen molar-refractivity contribution < 1.29 is 22.3 Å². The second-order valence-electron chi connectivity index (χ2n) is 6.74. The maximum Gasteiger partial charge on any atom is 0.407 e. The molecule has 1 aromatic rings. The second kappa shape index (κ2) is 7.48. The van der Waals surface area contributed by atoms with Crippen molar-refractivity contribution in [3.05, 3.63) is 29.6 Å². The summed E-state index contributed by atoms with van der Waals surface area (Å²) in [5.74, 6) is -0.462. The number of nitrogens with zero attached hydrogens (tertiary/aromatic N) is 1. The molecule has 1 N–H and O–H groups in total. The molecule has 0 heterocycles. The Morgan fingerprint density at radius 1 is 1.38 bits per heavy atom. The Hall–Kier alpha value is -1.67. The van der Waals surface area contributed by atoms with Gasteiger partial charge in [-0.1, -0.05) is 0 Å². The summed E-state index contributed by atoms with van der Waals surface area (Å²) in [6.45, 7) is 8.45. The molecule has 24 heavy (non-hydrogen) atoms. The lowest BCUT2D eigenvalue weighted by molar-refractivity contribution is 0.0504. The number of rotatable bonds is 5. The first-order valence-corrected chi connectivity index (χ1v) is 8.99. The van der Waals surface area contributed by atoms with Crippen LogP contribution < -0.4 is 5.32 Å². The molecule has 1 amide bonds. The number of benzene rings is 1. The van der Waals surface area contributed by atoms with Gasteiger partial charge >= 0.3 is 6.09 Å². The van der Waals surface area contributed by atoms with Crippen LogP contribution in [0.3, 0.4) is 0 Å². The lowest BCUT2D eigenvalue weighted by Gasteiger charge is -2.24. The number of hydrogen-bond donors (Lipinski definition) is 1. The van der Waals surface area contributed by atoms with Gasteiger partial charge in [0.25, 0.3) is 0 Å². The third-order valence-corrected chi connectivity index (χ3v) is 4.95. The summed E-state index contributed by atoms with van der Waals surface area (Å²) in [5, 5.41) is 2.58. The van der Waals surface area contributed by atoms with Gasteiger partial charge < -0.3 is 10.1 Å². The van der Waals surface area contributed by atoms with Crippen LogP contribution in [-0.2, 0) is 14.8 Å². The van der Waals surface area contributed by atoms with Crippen molar-refractivity contribution in [3.63, 3.8) is 0 Å². The van der Waals surface area contributed by atoms with Crippen LogP contribution >= 0.6 is 0 Å². The first-order chi connectivity index (χ1) is 10.8. The highest BCUT2D eigenvalue weighted by Gasteiger charge is 2.24. The van der Waals surface area contributed by atoms with Crippen molar-refractivity contribution in [2.45, 2.75) is 51.2 Å². The van der Waals surface area contributed by atoms with E-state index in [4.69, 9.17) is 4.74 Å². The summed E-state index contributed by atoms with van der Waals surface area (Å²) in [6, 6.07) is 3.17. The van der Waals surface area contributed by atoms with Crippen LogP contribution in [0.25, 0.3) is 0 Å². The zero-order valence-corrected chi connectivity index (χ0v) is 15.7. The third kappa shape index (κ3) is 5.76. The van der Waals surface area contributed by atoms with Crippen molar-refractivity contribution in [1.29, 1.82) is 0 Å². The number of hydrogen-bond acceptors (Lipinski definition) is 4. The van der Waals surface area contributed by atoms with Crippen LogP contribution in [0, 0.1) is 12.7 Å². The highest BCUT2D eigenvalue weighted by Crippen LogP contribution is 2.18. The van der Waals surface area contributed by atoms with Crippen LogP contribution in [0.5, 0.6) is 0 Å². The van der Waals surface area contributed by atoms with E-state index in [1.807, 2.05) is 0 Å². The van der Waals surface area contributed by atoms with Gasteiger partial charge in [-0.15, -0.1) is 0 Å². The lowest BCUT2D eigenvalue weighted by Crippen LogP contribution is -2.44. The van der Waals surface area contributed by atoms with Gasteiger partial charge in [-0.3, -0.25) is 0 Å². The SMILES string of the molecule is Cc1cc(S(=O)(=O)N(C)C[C@@H](C)NC(=O)OC(C)(C)C)ccc1F. The molecule has 8 heteroatoms. The number of sulfonamides is 1. The van der Waals surface area contributed by atoms with E-state index < -0.39 is 33.6 Å². The highest BCUT2D eigenvalue weighted by molar-refractivity contribution is 7.89. The Morgan fingerprint density at radius 3 is 2.46 bits per heavy atom. The van der Waals surface area contributed by atoms with E-state index in [-0.39, 0.29) is 17.0 Å². The van der Waals surface area contributed by atoms with E-state index in [1.165, 1.54) is 26.1 Å². The first kappa shape index (κ1) is 20.4. The van der Waals surface area contributed by atoms with E-state index >= 15 is 0 Å². The topological polar surface area (TPSA) is 75.7 Å². The van der Waals surface area contributed by atoms with Crippen LogP contribution in [-0.4, -0.2) is 44.1 Å². The Labute approximate surface area is 143 Å². The van der Waals surface area contributed by atoms with Gasteiger partial charge in [0.15, 0.2) is 0 Å². The summed E-state index contributed by atoms with van der Waals surface area (Å²) in [6.07, 6.45) is -0.613. The fourth-order valence-electron chi connectivity index (χ4n) is 2.00. The minimum absolute atomic E-state index is 0.00775. The number of amides is 1. The number of nitrogens with one attached hydrogen (secondary N) is 1. The molecular formula is C16H25FN2O4S. The minimum atomic E-state index is -3.77. The summed E-state index contributed by atoms with van der Waals surface area (Å²) >= 11 is 0. The molecule has 0 aliphatic carbocycles. The van der Waals surface area contributed by atoms with Gasteiger partial charge in [0.05, 0.1) is 4.90 Å². The third-order valence-electron chi connectivity index (χ3n) is 3.13. The van der Waals surface area contributed by atoms with Crippen molar-refractivity contribution in [2.24, 2.45) is 0 Å². The average molecular weight is 360 g/mol. The molecule has 1 atom stereocenters. The van der Waals surface area contributed by atoms with Crippen molar-refractivity contribution >= 4 is 16.1 Å². The Bertz CT molecular complexity index is 699. The molecule has 0 radical (unpaired) electrons. The standard InChI is InChI=1S/C16H25FN2O4S/c1-11-9-13(7-8-14(11)17)24(21,22)19(6)10-12(2)18-15(20)23-16(3,4)5/h7-9,12H,10H2,1-6H3,(H,18,20)/t12-/m1/s1. The molecule has 0 bridgehead atoms. The summed E-state index contributed by atoms with van der Waals surface area (Å²) in [4.78, 5) is 11.7. The zero-order chi connectivity index (χ0) is 18.7. The number of carbonyl (C=O) groups is 1. The fraction of sp³-hybridized carbons (Fsp3) is 0.562. The van der Waals surface area contributed by atoms with Crippen LogP contribution in [0.15, 0.2) is 23.1 Å². The molecule has 1 rings (SSSR count). The molecule has 0 spiro atoms. The molecular weight excluding hydrogens is 335 g/mol. The number of alkyl carbamates (subject to hydrolysis) is 1. The highest BCUT2D eigenvalue weighted by atomic mass is 32.2. The molecule has 0 fully saturated rings. The predicted molar refractivity (Wildman–Crippen MR) is 89.8 cm³/mol. The fourth-order valence-corrected chi connectivity index (χ4v) is 3.34. The van der Waals surface area contributed by atoms with E-state index in [0.717, 1.165) is 10.4 Å². The van der Waals surface area contributed by atoms with Crippen molar-refractivity contribution in [1.82, 2.24) is 9.62 Å². The van der Waals surface area contributed by atoms with Crippen molar-refractivity contribution in [3.8, 4) is 0 Å². The maximum atomic E-state index is 13.3. The van der Waals surface area contributed by atoms with Crippen LogP contribution in [0.1, 0.15) is 33.3 Å². The number of aryl methyl sites for hydroxylation is 1. The summed E-state index contributed by atoms with van der Waals surface area (Å²) in [7, 11) is -2.37. The molecule has 0 saturated heterocycles. The smallest absolute Gasteiger partial charge is 0.407 e. The summed E-state index contributed by atoms with van der Waals surface area (Å²) in [5.41, 5.74) is -0.377. The second-order valence-corrected chi connectivity index (χ2v) is 8.79. The molecule has 0 aliphatic heterocycles. The van der Waals surface area contributed by atoms with E-state index in [2.05, 4.69) is 5.32 Å². The van der Waals surface area contributed by atoms with Gasteiger partial charge in [0.2, 0.25) is 10.0 Å². The number of carbonyl (C=O) groups excluding carboxylic acids is 1. The van der Waals surface area contributed by atoms with E-state index in [9.17, 15) is 17.6 Å². The molecule has 0 saturated carbocycles. The van der Waals surface area contributed by atoms with E-state index in [0.29, 0.717) is 0 Å². The molecule has 1 aromatic carbocycles. The average Bonchev–Trinajstić information content (AvgIpc) is 2.38. The van der Waals surface area contributed by atoms with Gasteiger partial charge in [0, 0.05) is 19.6 Å². The monoisotopic (exact) mass is 360 g/mol. The van der Waals surface area contributed by atoms with Crippen LogP contribution in [0.4, 0.5) is 9.18 Å². The summed E-state index contributed by atoms with van der Waals surface area (Å²) < 4.78 is 44.6. The molecule has 0 aliphatic rings. The number of likely N-dealkylation sites (N-methyl/N-ethyl adjacent to an activating group) is 1. The molecule has 0 aromatic heterocycles. The van der Waals surface area contributed by atoms with Crippen LogP contribution in [0.2, 0.25) is 0 Å². The Kier molecular flexibility index (Phi) is 6.35. The zero-order valence-electron chi connectivity index (χ0n) is 14.9. The Morgan fingerprint density at radius 2 is 1.96 bits per heavy atom. The predicted octanol–water partition coefficient (Wildman–Crippen LogP) is 2.67. The maximum absolute atomic E-state index is 13.3. The lowest BCUT2D eigenvalue weighted by atomic mass is 10.2. The van der Waals surface area contributed by atoms with Gasteiger partial charge in [-0.05, 0) is 58.4 Å². The normalized spacial score (nSPS) is 13.7. The van der Waals surface area contributed by atoms with Gasteiger partial charge in [-0.2, -0.15) is 4.31 Å². The number of halogens is 1. The quantitative estimate of drug-likeness (QED) is 0.876. The molecule has 136 valence electrons. The van der Waals surface area contributed by atoms with Crippen molar-refractivity contribution in [2.75, 3.05) is 13.6 Å². The minimum Gasteiger partial charge on any atom is -0.444 e. The Balaban J connectivity index is 2.76. The van der Waals surface area contributed by atoms with E-state index in [1.54, 1.807) is 27.7 Å². The van der Waals surface area contributed by atoms with Gasteiger partial charge in [-0.25, -0.2) is 17.6 Å². The molecule has 0 unspecified atom stereocenters. The first-order valence-electron chi connectivity index (χ1n) is 7.55. The van der Waals surface area contributed by atoms with Gasteiger partial charge in [0.1, 0.15) is 11.4 Å².